The van der Waals surface area contributed by atoms with Gasteiger partial charge >= 0.3 is 5.97 Å². The van der Waals surface area contributed by atoms with Crippen LogP contribution < -0.4 is 5.32 Å². The number of carbonyl (C=O) groups is 2. The zero-order valence-electron chi connectivity index (χ0n) is 16.0. The third-order valence-corrected chi connectivity index (χ3v) is 5.53. The molecule has 0 unspecified atom stereocenters. The van der Waals surface area contributed by atoms with Crippen LogP contribution in [0.2, 0.25) is 5.02 Å². The number of aromatic nitrogens is 3. The Labute approximate surface area is 177 Å². The van der Waals surface area contributed by atoms with Gasteiger partial charge in [0, 0.05) is 18.4 Å². The Morgan fingerprint density at radius 2 is 1.90 bits per heavy atom. The van der Waals surface area contributed by atoms with Crippen LogP contribution in [0.1, 0.15) is 33.7 Å². The van der Waals surface area contributed by atoms with Gasteiger partial charge in [0.1, 0.15) is 5.82 Å². The Bertz CT molecular complexity index is 1250. The summed E-state index contributed by atoms with van der Waals surface area (Å²) >= 11 is 6.21. The SMILES string of the molecule is CCc1nc(C(=O)Nc2cc(C(=O)O)cc(S(C)(=O)=O)c2)nn1-c1ccccc1Cl. The van der Waals surface area contributed by atoms with Gasteiger partial charge in [0.25, 0.3) is 5.91 Å². The third-order valence-electron chi connectivity index (χ3n) is 4.11. The van der Waals surface area contributed by atoms with Crippen molar-refractivity contribution in [2.75, 3.05) is 11.6 Å². The van der Waals surface area contributed by atoms with E-state index in [0.717, 1.165) is 18.4 Å². The number of carbonyl (C=O) groups excluding carboxylic acids is 1. The predicted octanol–water partition coefficient (Wildman–Crippen LogP) is 2.84. The summed E-state index contributed by atoms with van der Waals surface area (Å²) in [6.45, 7) is 1.84. The molecule has 0 saturated heterocycles. The highest BCUT2D eigenvalue weighted by Gasteiger charge is 2.20. The van der Waals surface area contributed by atoms with E-state index in [4.69, 9.17) is 11.6 Å². The van der Waals surface area contributed by atoms with E-state index in [1.807, 2.05) is 6.92 Å². The van der Waals surface area contributed by atoms with Gasteiger partial charge in [-0.3, -0.25) is 4.79 Å². The second kappa shape index (κ2) is 8.25. The predicted molar refractivity (Wildman–Crippen MR) is 110 cm³/mol. The fourth-order valence-electron chi connectivity index (χ4n) is 2.68. The molecule has 0 atom stereocenters. The van der Waals surface area contributed by atoms with Crippen LogP contribution in [0.5, 0.6) is 0 Å². The molecule has 30 heavy (non-hydrogen) atoms. The lowest BCUT2D eigenvalue weighted by molar-refractivity contribution is 0.0696. The molecule has 0 aliphatic rings. The molecule has 0 fully saturated rings. The van der Waals surface area contributed by atoms with Crippen LogP contribution in [-0.4, -0.2) is 46.4 Å². The molecule has 156 valence electrons. The Morgan fingerprint density at radius 3 is 2.50 bits per heavy atom. The number of hydrogen-bond acceptors (Lipinski definition) is 6. The van der Waals surface area contributed by atoms with E-state index in [1.165, 1.54) is 10.7 Å². The summed E-state index contributed by atoms with van der Waals surface area (Å²) in [5.74, 6) is -1.74. The van der Waals surface area contributed by atoms with Gasteiger partial charge < -0.3 is 10.4 Å². The average Bonchev–Trinajstić information content (AvgIpc) is 3.11. The summed E-state index contributed by atoms with van der Waals surface area (Å²) in [6, 6.07) is 10.3. The van der Waals surface area contributed by atoms with E-state index in [2.05, 4.69) is 15.4 Å². The number of benzene rings is 2. The molecule has 0 radical (unpaired) electrons. The number of anilines is 1. The lowest BCUT2D eigenvalue weighted by atomic mass is 10.2. The summed E-state index contributed by atoms with van der Waals surface area (Å²) in [4.78, 5) is 28.0. The Hall–Kier alpha value is -3.24. The van der Waals surface area contributed by atoms with Gasteiger partial charge in [-0.25, -0.2) is 22.9 Å². The number of halogens is 1. The maximum atomic E-state index is 12.7. The van der Waals surface area contributed by atoms with Gasteiger partial charge in [0.05, 0.1) is 21.2 Å². The fourth-order valence-corrected chi connectivity index (χ4v) is 3.58. The standard InChI is InChI=1S/C19H17ClN4O5S/c1-3-16-22-17(23-24(16)15-7-5-4-6-14(15)20)18(25)21-12-8-11(19(26)27)9-13(10-12)30(2,28)29/h4-10H,3H2,1-2H3,(H,21,25)(H,26,27). The first kappa shape index (κ1) is 21.5. The zero-order chi connectivity index (χ0) is 22.1. The van der Waals surface area contributed by atoms with Crippen LogP contribution >= 0.6 is 11.6 Å². The summed E-state index contributed by atoms with van der Waals surface area (Å²) in [5.41, 5.74) is 0.263. The molecule has 3 rings (SSSR count). The minimum absolute atomic E-state index is 0.00698. The molecule has 2 aromatic carbocycles. The van der Waals surface area contributed by atoms with Gasteiger partial charge in [-0.2, -0.15) is 0 Å². The van der Waals surface area contributed by atoms with Crippen molar-refractivity contribution < 1.29 is 23.1 Å². The number of amides is 1. The van der Waals surface area contributed by atoms with Crippen molar-refractivity contribution in [1.29, 1.82) is 0 Å². The van der Waals surface area contributed by atoms with Crippen molar-refractivity contribution in [3.63, 3.8) is 0 Å². The number of carboxylic acid groups (broad SMARTS) is 1. The molecule has 1 aromatic heterocycles. The highest BCUT2D eigenvalue weighted by atomic mass is 35.5. The first-order chi connectivity index (χ1) is 14.1. The molecule has 1 amide bonds. The van der Waals surface area contributed by atoms with Crippen molar-refractivity contribution in [2.45, 2.75) is 18.2 Å². The summed E-state index contributed by atoms with van der Waals surface area (Å²) in [5, 5.41) is 16.3. The molecule has 3 aromatic rings. The second-order valence-electron chi connectivity index (χ2n) is 6.35. The third kappa shape index (κ3) is 4.50. The first-order valence-electron chi connectivity index (χ1n) is 8.70. The zero-order valence-corrected chi connectivity index (χ0v) is 17.5. The number of nitrogens with zero attached hydrogens (tertiary/aromatic N) is 3. The molecule has 9 nitrogen and oxygen atoms in total. The lowest BCUT2D eigenvalue weighted by Gasteiger charge is -2.07. The Morgan fingerprint density at radius 1 is 1.20 bits per heavy atom. The second-order valence-corrected chi connectivity index (χ2v) is 8.77. The van der Waals surface area contributed by atoms with Crippen LogP contribution in [0.15, 0.2) is 47.4 Å². The maximum Gasteiger partial charge on any atom is 0.335 e. The van der Waals surface area contributed by atoms with Crippen molar-refractivity contribution in [2.24, 2.45) is 0 Å². The molecule has 1 heterocycles. The van der Waals surface area contributed by atoms with Gasteiger partial charge in [0.15, 0.2) is 9.84 Å². The number of aryl methyl sites for hydroxylation is 1. The largest absolute Gasteiger partial charge is 0.478 e. The topological polar surface area (TPSA) is 131 Å². The molecular formula is C19H17ClN4O5S. The highest BCUT2D eigenvalue weighted by Crippen LogP contribution is 2.22. The number of aromatic carboxylic acids is 1. The van der Waals surface area contributed by atoms with Crippen LogP contribution in [0.25, 0.3) is 5.69 Å². The molecule has 0 saturated carbocycles. The quantitative estimate of drug-likeness (QED) is 0.592. The first-order valence-corrected chi connectivity index (χ1v) is 11.0. The van der Waals surface area contributed by atoms with Crippen molar-refractivity contribution >= 4 is 39.0 Å². The number of hydrogen-bond donors (Lipinski definition) is 2. The maximum absolute atomic E-state index is 12.7. The average molecular weight is 449 g/mol. The number of sulfone groups is 1. The fraction of sp³-hybridized carbons (Fsp3) is 0.158. The number of para-hydroxylation sites is 1. The molecule has 0 spiro atoms. The van der Waals surface area contributed by atoms with Crippen molar-refractivity contribution in [1.82, 2.24) is 14.8 Å². The molecule has 11 heteroatoms. The smallest absolute Gasteiger partial charge is 0.335 e. The lowest BCUT2D eigenvalue weighted by Crippen LogP contribution is -2.15. The van der Waals surface area contributed by atoms with Crippen LogP contribution in [0.3, 0.4) is 0 Å². The Kier molecular flexibility index (Phi) is 5.90. The van der Waals surface area contributed by atoms with Crippen molar-refractivity contribution in [3.05, 3.63) is 64.7 Å². The van der Waals surface area contributed by atoms with Gasteiger partial charge in [-0.1, -0.05) is 30.7 Å². The van der Waals surface area contributed by atoms with E-state index < -0.39 is 21.7 Å². The van der Waals surface area contributed by atoms with Gasteiger partial charge in [-0.15, -0.1) is 5.10 Å². The summed E-state index contributed by atoms with van der Waals surface area (Å²) in [7, 11) is -3.69. The molecule has 2 N–H and O–H groups in total. The molecule has 0 bridgehead atoms. The molecule has 0 aliphatic heterocycles. The molecule has 0 aliphatic carbocycles. The van der Waals surface area contributed by atoms with Gasteiger partial charge in [-0.05, 0) is 30.3 Å². The molecular weight excluding hydrogens is 432 g/mol. The van der Waals surface area contributed by atoms with E-state index in [0.29, 0.717) is 23.0 Å². The van der Waals surface area contributed by atoms with E-state index in [1.54, 1.807) is 24.3 Å². The highest BCUT2D eigenvalue weighted by molar-refractivity contribution is 7.90. The van der Waals surface area contributed by atoms with Crippen LogP contribution in [0, 0.1) is 0 Å². The van der Waals surface area contributed by atoms with E-state index in [-0.39, 0.29) is 22.0 Å². The van der Waals surface area contributed by atoms with E-state index >= 15 is 0 Å². The summed E-state index contributed by atoms with van der Waals surface area (Å²) in [6.07, 6.45) is 1.41. The monoisotopic (exact) mass is 448 g/mol. The minimum Gasteiger partial charge on any atom is -0.478 e. The van der Waals surface area contributed by atoms with Gasteiger partial charge in [0.2, 0.25) is 5.82 Å². The van der Waals surface area contributed by atoms with Crippen LogP contribution in [-0.2, 0) is 16.3 Å². The normalized spacial score (nSPS) is 11.3. The van der Waals surface area contributed by atoms with E-state index in [9.17, 15) is 23.1 Å². The number of carboxylic acids is 1. The number of nitrogens with one attached hydrogen (secondary N) is 1. The van der Waals surface area contributed by atoms with Crippen molar-refractivity contribution in [3.8, 4) is 5.69 Å². The summed E-state index contributed by atoms with van der Waals surface area (Å²) < 4.78 is 25.1. The Balaban J connectivity index is 1.98. The minimum atomic E-state index is -3.69. The van der Waals surface area contributed by atoms with Crippen LogP contribution in [0.4, 0.5) is 5.69 Å². The number of rotatable bonds is 6.